The van der Waals surface area contributed by atoms with E-state index < -0.39 is 65.9 Å². The number of carbonyl (C=O) groups is 4. The van der Waals surface area contributed by atoms with Crippen LogP contribution in [-0.4, -0.2) is 136 Å². The number of ether oxygens (including phenoxy) is 4. The molecule has 70 heavy (non-hydrogen) atoms. The van der Waals surface area contributed by atoms with E-state index in [0.29, 0.717) is 76.2 Å². The van der Waals surface area contributed by atoms with Crippen molar-refractivity contribution < 1.29 is 53.4 Å². The van der Waals surface area contributed by atoms with Crippen LogP contribution < -0.4 is 4.90 Å². The number of piperidine rings is 1. The number of allylic oxidation sites excluding steroid dienone is 6. The van der Waals surface area contributed by atoms with Crippen molar-refractivity contribution in [2.24, 2.45) is 42.6 Å². The molecule has 2 saturated heterocycles. The molecule has 5 rings (SSSR count). The number of hydrogen-bond acceptors (Lipinski definition) is 13. The Labute approximate surface area is 417 Å². The lowest BCUT2D eigenvalue weighted by Gasteiger charge is -2.43. The summed E-state index contributed by atoms with van der Waals surface area (Å²) in [5.41, 5.74) is 1.59. The Bertz CT molecular complexity index is 2030. The van der Waals surface area contributed by atoms with Gasteiger partial charge in [-0.3, -0.25) is 19.1 Å². The van der Waals surface area contributed by atoms with Gasteiger partial charge in [-0.25, -0.2) is 4.79 Å². The third kappa shape index (κ3) is 14.4. The van der Waals surface area contributed by atoms with Gasteiger partial charge in [0, 0.05) is 52.8 Å². The number of aliphatic hydroxyl groups excluding tert-OH is 2. The number of likely N-dealkylation sites (N-methyl/N-ethyl adjacent to an activating group) is 1. The fraction of sp³-hybridized carbons (Fsp3) is 0.727. The van der Waals surface area contributed by atoms with Gasteiger partial charge in [-0.05, 0) is 127 Å². The summed E-state index contributed by atoms with van der Waals surface area (Å²) in [6, 6.07) is 0.624. The van der Waals surface area contributed by atoms with Crippen LogP contribution in [-0.2, 0) is 45.2 Å². The van der Waals surface area contributed by atoms with Crippen LogP contribution in [0.25, 0.3) is 0 Å². The van der Waals surface area contributed by atoms with Gasteiger partial charge in [-0.2, -0.15) is 5.10 Å². The normalized spacial score (nSPS) is 38.3. The third-order valence-electron chi connectivity index (χ3n) is 15.9. The van der Waals surface area contributed by atoms with Crippen molar-refractivity contribution in [1.82, 2.24) is 14.7 Å². The number of ketones is 2. The summed E-state index contributed by atoms with van der Waals surface area (Å²) >= 11 is 0. The maximum atomic E-state index is 14.5. The summed E-state index contributed by atoms with van der Waals surface area (Å²) < 4.78 is 25.9. The number of esters is 1. The molecule has 1 aromatic rings. The first kappa shape index (κ1) is 56.9. The molecule has 1 amide bonds. The van der Waals surface area contributed by atoms with Gasteiger partial charge in [0.15, 0.2) is 5.78 Å². The summed E-state index contributed by atoms with van der Waals surface area (Å²) in [6.45, 7) is 13.7. The molecule has 2 bridgehead atoms. The third-order valence-corrected chi connectivity index (χ3v) is 15.9. The lowest BCUT2D eigenvalue weighted by atomic mass is 9.78. The maximum absolute atomic E-state index is 14.5. The number of aryl methyl sites for hydroxylation is 1. The summed E-state index contributed by atoms with van der Waals surface area (Å²) in [7, 11) is 6.89. The average Bonchev–Trinajstić information content (AvgIpc) is 3.77. The molecule has 15 nitrogen and oxygen atoms in total. The number of amides is 1. The lowest BCUT2D eigenvalue weighted by Crippen LogP contribution is -2.61. The van der Waals surface area contributed by atoms with E-state index in [4.69, 9.17) is 18.9 Å². The van der Waals surface area contributed by atoms with Gasteiger partial charge >= 0.3 is 5.97 Å². The van der Waals surface area contributed by atoms with E-state index >= 15 is 0 Å². The van der Waals surface area contributed by atoms with Crippen LogP contribution in [0.1, 0.15) is 132 Å². The summed E-state index contributed by atoms with van der Waals surface area (Å²) in [5, 5.41) is 38.7. The zero-order chi connectivity index (χ0) is 51.4. The number of aliphatic hydroxyl groups is 3. The Kier molecular flexibility index (Phi) is 21.2. The number of methoxy groups -OCH3 is 2. The fourth-order valence-corrected chi connectivity index (χ4v) is 11.4. The van der Waals surface area contributed by atoms with Crippen molar-refractivity contribution >= 4 is 29.3 Å². The van der Waals surface area contributed by atoms with Crippen molar-refractivity contribution in [3.05, 3.63) is 59.9 Å². The Morgan fingerprint density at radius 1 is 0.886 bits per heavy atom. The Morgan fingerprint density at radius 3 is 2.31 bits per heavy atom. The molecule has 1 saturated carbocycles. The van der Waals surface area contributed by atoms with Crippen LogP contribution in [0.2, 0.25) is 0 Å². The van der Waals surface area contributed by atoms with Crippen molar-refractivity contribution in [1.29, 1.82) is 0 Å². The lowest BCUT2D eigenvalue weighted by molar-refractivity contribution is -0.263. The van der Waals surface area contributed by atoms with Gasteiger partial charge in [-0.1, -0.05) is 76.6 Å². The molecule has 3 fully saturated rings. The molecule has 0 spiro atoms. The molecule has 3 aliphatic heterocycles. The minimum atomic E-state index is -2.41. The van der Waals surface area contributed by atoms with Crippen LogP contribution in [0.3, 0.4) is 0 Å². The number of Topliss-reactive ketones (excluding diaryl/α,β-unsaturated/α-hetero) is 2. The minimum absolute atomic E-state index is 0.0511. The molecule has 1 aromatic heterocycles. The van der Waals surface area contributed by atoms with Gasteiger partial charge in [0.1, 0.15) is 30.2 Å². The minimum Gasteiger partial charge on any atom is -0.461 e. The smallest absolute Gasteiger partial charge is 0.329 e. The number of aromatic nitrogens is 2. The number of cyclic esters (lactones) is 1. The average molecular weight is 979 g/mol. The zero-order valence-electron chi connectivity index (χ0n) is 44.0. The molecule has 4 heterocycles. The van der Waals surface area contributed by atoms with E-state index in [-0.39, 0.29) is 54.1 Å². The van der Waals surface area contributed by atoms with E-state index in [0.717, 1.165) is 24.2 Å². The number of nitrogens with zero attached hydrogens (tertiary/aromatic N) is 4. The van der Waals surface area contributed by atoms with Crippen molar-refractivity contribution in [2.45, 2.75) is 186 Å². The summed E-state index contributed by atoms with van der Waals surface area (Å²) in [6.07, 6.45) is 16.8. The topological polar surface area (TPSA) is 190 Å². The van der Waals surface area contributed by atoms with Crippen LogP contribution in [0, 0.1) is 35.5 Å². The van der Waals surface area contributed by atoms with E-state index in [1.165, 1.54) is 12.0 Å². The second-order valence-electron chi connectivity index (χ2n) is 21.4. The Hall–Kier alpha value is -3.99. The quantitative estimate of drug-likeness (QED) is 0.141. The highest BCUT2D eigenvalue weighted by Gasteiger charge is 2.53. The van der Waals surface area contributed by atoms with Crippen LogP contribution in [0.5, 0.6) is 0 Å². The number of rotatable bonds is 7. The number of hydrogen-bond donors (Lipinski definition) is 3. The first-order valence-corrected chi connectivity index (χ1v) is 26.0. The summed E-state index contributed by atoms with van der Waals surface area (Å²) in [4.78, 5) is 60.7. The fourth-order valence-electron chi connectivity index (χ4n) is 11.4. The number of carbonyl (C=O) groups excluding carboxylic acids is 4. The molecule has 0 radical (unpaired) electrons. The molecule has 0 aromatic carbocycles. The molecule has 392 valence electrons. The molecule has 1 unspecified atom stereocenters. The van der Waals surface area contributed by atoms with Crippen LogP contribution in [0.4, 0.5) is 5.82 Å². The predicted molar refractivity (Wildman–Crippen MR) is 269 cm³/mol. The zero-order valence-corrected chi connectivity index (χ0v) is 44.0. The van der Waals surface area contributed by atoms with E-state index in [2.05, 4.69) is 29.9 Å². The SMILES string of the molecule is CO[C@@H]1C[C@H](C[C@@H](C)[C@@H]2CC[C@H](C)/C=C(\C)[C@@H](O)[C@@H](OC)C(=O)[C@H](C)C[C@H](C)/C=C/C=C/C=C(\C)C(N(C)c3ccnn3C)C[C@@H]3CC[C@@H](C)[C@@](O)(O3)C(=O)C(=O)N3CCCC[C@H]3C(=O)O2)CC[C@H]1O. The Balaban J connectivity index is 1.49. The number of anilines is 1. The van der Waals surface area contributed by atoms with Gasteiger partial charge in [0.2, 0.25) is 5.79 Å². The van der Waals surface area contributed by atoms with Crippen LogP contribution >= 0.6 is 0 Å². The summed E-state index contributed by atoms with van der Waals surface area (Å²) in [5.74, 6) is -5.34. The molecular formula is C55H86N4O11. The second kappa shape index (κ2) is 26.1. The highest BCUT2D eigenvalue weighted by Crippen LogP contribution is 2.38. The molecule has 15 heteroatoms. The van der Waals surface area contributed by atoms with Gasteiger partial charge in [0.25, 0.3) is 11.7 Å². The van der Waals surface area contributed by atoms with E-state index in [1.54, 1.807) is 31.8 Å². The number of fused-ring (bicyclic) bond motifs is 3. The Morgan fingerprint density at radius 2 is 1.63 bits per heavy atom. The molecule has 4 aliphatic rings. The molecular weight excluding hydrogens is 893 g/mol. The van der Waals surface area contributed by atoms with E-state index in [9.17, 15) is 34.5 Å². The van der Waals surface area contributed by atoms with E-state index in [1.807, 2.05) is 71.3 Å². The monoisotopic (exact) mass is 979 g/mol. The molecule has 1 aliphatic carbocycles. The first-order chi connectivity index (χ1) is 33.2. The predicted octanol–water partition coefficient (Wildman–Crippen LogP) is 7.23. The standard InChI is InChI=1S/C55H86N4O11/c1-34-17-13-12-14-18-36(3)44(57(8)48-26-27-56-58(48)9)33-42-23-21-40(7)55(66,70-42)52(63)53(64)59-28-16-15-19-43(59)54(65)69-46(37(4)31-41-22-24-45(60)47(32-41)67-10)25-20-35(2)30-39(6)50(62)51(68-11)49(61)38(5)29-34/h12-14,17-18,26-27,30,34-35,37-38,40-47,50-51,60,62,66H,15-16,19-25,28-29,31-33H2,1-11H3/b14-12+,17-13+,36-18+,39-30+/t34-,35+,37-,38-,40-,41+,42+,43+,44?,45-,46+,47-,50-,51+,55-/m1/s1. The highest BCUT2D eigenvalue weighted by atomic mass is 16.6. The maximum Gasteiger partial charge on any atom is 0.329 e. The van der Waals surface area contributed by atoms with Crippen molar-refractivity contribution in [2.75, 3.05) is 32.7 Å². The van der Waals surface area contributed by atoms with Gasteiger partial charge < -0.3 is 44.1 Å². The highest BCUT2D eigenvalue weighted by molar-refractivity contribution is 6.39. The van der Waals surface area contributed by atoms with Crippen molar-refractivity contribution in [3.8, 4) is 0 Å². The van der Waals surface area contributed by atoms with Gasteiger partial charge in [0.05, 0.1) is 30.6 Å². The second-order valence-corrected chi connectivity index (χ2v) is 21.4. The van der Waals surface area contributed by atoms with Gasteiger partial charge in [-0.15, -0.1) is 0 Å². The molecule has 15 atom stereocenters. The molecule has 3 N–H and O–H groups in total. The van der Waals surface area contributed by atoms with Crippen molar-refractivity contribution in [3.63, 3.8) is 0 Å². The van der Waals surface area contributed by atoms with Crippen LogP contribution in [0.15, 0.2) is 59.9 Å². The first-order valence-electron chi connectivity index (χ1n) is 26.0. The largest absolute Gasteiger partial charge is 0.461 e.